The Labute approximate surface area is 182 Å². The summed E-state index contributed by atoms with van der Waals surface area (Å²) in [7, 11) is -3.94. The summed E-state index contributed by atoms with van der Waals surface area (Å²) in [5, 5.41) is 6.00. The fourth-order valence-corrected chi connectivity index (χ4v) is 5.02. The van der Waals surface area contributed by atoms with Gasteiger partial charge in [-0.1, -0.05) is 46.3 Å². The normalized spacial score (nSPS) is 11.9. The molecule has 1 aromatic heterocycles. The number of nitrogens with zero attached hydrogens (tertiary/aromatic N) is 2. The van der Waals surface area contributed by atoms with Crippen LogP contribution in [-0.2, 0) is 14.8 Å². The van der Waals surface area contributed by atoms with Crippen molar-refractivity contribution in [2.24, 2.45) is 5.10 Å². The zero-order chi connectivity index (χ0) is 20.9. The van der Waals surface area contributed by atoms with Gasteiger partial charge in [0.2, 0.25) is 0 Å². The average molecular weight is 492 g/mol. The maximum atomic E-state index is 13.2. The van der Waals surface area contributed by atoms with E-state index < -0.39 is 22.5 Å². The first-order valence-corrected chi connectivity index (χ1v) is 11.7. The molecule has 0 saturated heterocycles. The largest absolute Gasteiger partial charge is 0.271 e. The number of halogens is 1. The predicted molar refractivity (Wildman–Crippen MR) is 120 cm³/mol. The van der Waals surface area contributed by atoms with Gasteiger partial charge in [-0.25, -0.2) is 13.8 Å². The van der Waals surface area contributed by atoms with Crippen LogP contribution < -0.4 is 9.73 Å². The van der Waals surface area contributed by atoms with Gasteiger partial charge < -0.3 is 0 Å². The van der Waals surface area contributed by atoms with Gasteiger partial charge in [0.1, 0.15) is 6.54 Å². The molecule has 0 saturated carbocycles. The Morgan fingerprint density at radius 3 is 2.52 bits per heavy atom. The van der Waals surface area contributed by atoms with Gasteiger partial charge in [0.15, 0.2) is 0 Å². The summed E-state index contributed by atoms with van der Waals surface area (Å²) >= 11 is 4.85. The van der Waals surface area contributed by atoms with Gasteiger partial charge in [-0.2, -0.15) is 5.10 Å². The van der Waals surface area contributed by atoms with Crippen LogP contribution in [0.15, 0.2) is 86.6 Å². The Balaban J connectivity index is 1.88. The van der Waals surface area contributed by atoms with E-state index in [1.807, 2.05) is 17.5 Å². The molecular weight excluding hydrogens is 474 g/mol. The lowest BCUT2D eigenvalue weighted by atomic mass is 10.3. The van der Waals surface area contributed by atoms with E-state index >= 15 is 0 Å². The molecule has 3 aromatic rings. The van der Waals surface area contributed by atoms with Gasteiger partial charge in [0.25, 0.3) is 15.9 Å². The van der Waals surface area contributed by atoms with Crippen LogP contribution in [0.4, 0.5) is 5.69 Å². The highest BCUT2D eigenvalue weighted by molar-refractivity contribution is 9.10. The summed E-state index contributed by atoms with van der Waals surface area (Å²) in [6.07, 6.45) is 0. The monoisotopic (exact) mass is 491 g/mol. The number of hydrazone groups is 1. The van der Waals surface area contributed by atoms with Gasteiger partial charge in [-0.15, -0.1) is 11.3 Å². The van der Waals surface area contributed by atoms with Crippen molar-refractivity contribution < 1.29 is 13.2 Å². The molecule has 150 valence electrons. The molecule has 0 unspecified atom stereocenters. The van der Waals surface area contributed by atoms with Gasteiger partial charge in [0, 0.05) is 9.35 Å². The van der Waals surface area contributed by atoms with Crippen molar-refractivity contribution in [1.82, 2.24) is 5.43 Å². The second-order valence-corrected chi connectivity index (χ2v) is 9.74. The highest BCUT2D eigenvalue weighted by Gasteiger charge is 2.27. The summed E-state index contributed by atoms with van der Waals surface area (Å²) in [5.41, 5.74) is 3.47. The van der Waals surface area contributed by atoms with E-state index in [1.165, 1.54) is 23.5 Å². The topological polar surface area (TPSA) is 78.8 Å². The molecule has 0 aliphatic carbocycles. The van der Waals surface area contributed by atoms with E-state index in [4.69, 9.17) is 0 Å². The van der Waals surface area contributed by atoms with Crippen molar-refractivity contribution in [3.63, 3.8) is 0 Å². The molecule has 2 aromatic carbocycles. The quantitative estimate of drug-likeness (QED) is 0.396. The van der Waals surface area contributed by atoms with Crippen molar-refractivity contribution in [3.05, 3.63) is 81.5 Å². The Morgan fingerprint density at radius 2 is 1.86 bits per heavy atom. The first-order chi connectivity index (χ1) is 13.9. The van der Waals surface area contributed by atoms with Crippen molar-refractivity contribution >= 4 is 54.6 Å². The minimum Gasteiger partial charge on any atom is -0.271 e. The second kappa shape index (κ2) is 9.34. The minimum absolute atomic E-state index is 0.103. The lowest BCUT2D eigenvalue weighted by Crippen LogP contribution is -2.39. The molecule has 9 heteroatoms. The smallest absolute Gasteiger partial charge is 0.264 e. The summed E-state index contributed by atoms with van der Waals surface area (Å²) in [4.78, 5) is 13.6. The molecule has 0 fully saturated rings. The number of carbonyl (C=O) groups excluding carboxylic acids is 1. The molecule has 0 bridgehead atoms. The zero-order valence-corrected chi connectivity index (χ0v) is 18.7. The first kappa shape index (κ1) is 21.2. The Hall–Kier alpha value is -2.49. The summed E-state index contributed by atoms with van der Waals surface area (Å²) in [6, 6.07) is 18.6. The SMILES string of the molecule is C/C(=N/NC(=O)CN(c1cccc(Br)c1)S(=O)(=O)c1ccccc1)c1cccs1. The van der Waals surface area contributed by atoms with Crippen LogP contribution in [0, 0.1) is 0 Å². The molecular formula is C20H18BrN3O3S2. The summed E-state index contributed by atoms with van der Waals surface area (Å²) in [5.74, 6) is -0.541. The number of benzene rings is 2. The number of thiophene rings is 1. The third kappa shape index (κ3) is 5.31. The molecule has 29 heavy (non-hydrogen) atoms. The molecule has 0 atom stereocenters. The third-order valence-electron chi connectivity index (χ3n) is 3.94. The van der Waals surface area contributed by atoms with Crippen LogP contribution in [0.3, 0.4) is 0 Å². The molecule has 1 amide bonds. The molecule has 0 spiro atoms. The van der Waals surface area contributed by atoms with E-state index in [1.54, 1.807) is 49.4 Å². The molecule has 3 rings (SSSR count). The molecule has 1 N–H and O–H groups in total. The van der Waals surface area contributed by atoms with Crippen molar-refractivity contribution in [2.45, 2.75) is 11.8 Å². The fourth-order valence-electron chi connectivity index (χ4n) is 2.52. The number of amides is 1. The first-order valence-electron chi connectivity index (χ1n) is 8.58. The maximum absolute atomic E-state index is 13.2. The van der Waals surface area contributed by atoms with Gasteiger partial charge in [0.05, 0.1) is 16.3 Å². The second-order valence-electron chi connectivity index (χ2n) is 6.01. The fraction of sp³-hybridized carbons (Fsp3) is 0.100. The van der Waals surface area contributed by atoms with Crippen LogP contribution in [0.2, 0.25) is 0 Å². The third-order valence-corrected chi connectivity index (χ3v) is 7.20. The minimum atomic E-state index is -3.94. The molecule has 0 aliphatic rings. The van der Waals surface area contributed by atoms with Crippen molar-refractivity contribution in [1.29, 1.82) is 0 Å². The standard InChI is InChI=1S/C20H18BrN3O3S2/c1-15(19-11-6-12-28-19)22-23-20(25)14-24(17-8-5-7-16(21)13-17)29(26,27)18-9-3-2-4-10-18/h2-13H,14H2,1H3,(H,23,25)/b22-15-. The predicted octanol–water partition coefficient (Wildman–Crippen LogP) is 4.25. The number of nitrogens with one attached hydrogen (secondary N) is 1. The molecule has 0 aliphatic heterocycles. The van der Waals surface area contributed by atoms with E-state index in [0.29, 0.717) is 15.9 Å². The molecule has 1 heterocycles. The number of hydrogen-bond donors (Lipinski definition) is 1. The van der Waals surface area contributed by atoms with Crippen LogP contribution in [0.1, 0.15) is 11.8 Å². The number of rotatable bonds is 7. The number of sulfonamides is 1. The van der Waals surface area contributed by atoms with E-state index in [2.05, 4.69) is 26.5 Å². The van der Waals surface area contributed by atoms with Crippen LogP contribution in [-0.4, -0.2) is 26.6 Å². The van der Waals surface area contributed by atoms with Crippen molar-refractivity contribution in [3.8, 4) is 0 Å². The lowest BCUT2D eigenvalue weighted by molar-refractivity contribution is -0.119. The van der Waals surface area contributed by atoms with Crippen LogP contribution >= 0.6 is 27.3 Å². The number of carbonyl (C=O) groups is 1. The lowest BCUT2D eigenvalue weighted by Gasteiger charge is -2.24. The van der Waals surface area contributed by atoms with E-state index in [0.717, 1.165) is 9.18 Å². The van der Waals surface area contributed by atoms with Crippen LogP contribution in [0.5, 0.6) is 0 Å². The Bertz CT molecular complexity index is 1110. The Morgan fingerprint density at radius 1 is 1.10 bits per heavy atom. The maximum Gasteiger partial charge on any atom is 0.264 e. The van der Waals surface area contributed by atoms with Gasteiger partial charge in [-0.3, -0.25) is 9.10 Å². The molecule has 6 nitrogen and oxygen atoms in total. The van der Waals surface area contributed by atoms with Gasteiger partial charge in [-0.05, 0) is 48.7 Å². The average Bonchev–Trinajstić information content (AvgIpc) is 3.26. The number of hydrogen-bond acceptors (Lipinski definition) is 5. The highest BCUT2D eigenvalue weighted by Crippen LogP contribution is 2.26. The highest BCUT2D eigenvalue weighted by atomic mass is 79.9. The Kier molecular flexibility index (Phi) is 6.83. The van der Waals surface area contributed by atoms with E-state index in [9.17, 15) is 13.2 Å². The van der Waals surface area contributed by atoms with Crippen LogP contribution in [0.25, 0.3) is 0 Å². The van der Waals surface area contributed by atoms with E-state index in [-0.39, 0.29) is 4.90 Å². The number of anilines is 1. The van der Waals surface area contributed by atoms with Gasteiger partial charge >= 0.3 is 0 Å². The summed E-state index contributed by atoms with van der Waals surface area (Å²) < 4.78 is 28.2. The summed E-state index contributed by atoms with van der Waals surface area (Å²) in [6.45, 7) is 1.37. The van der Waals surface area contributed by atoms with Crippen molar-refractivity contribution in [2.75, 3.05) is 10.8 Å². The zero-order valence-electron chi connectivity index (χ0n) is 15.4. The molecule has 0 radical (unpaired) electrons.